The van der Waals surface area contributed by atoms with Crippen LogP contribution in [-0.2, 0) is 4.74 Å². The van der Waals surface area contributed by atoms with E-state index in [0.717, 1.165) is 35.4 Å². The molecule has 1 unspecified atom stereocenters. The lowest BCUT2D eigenvalue weighted by Crippen LogP contribution is -2.11. The number of benzene rings is 1. The van der Waals surface area contributed by atoms with Crippen molar-refractivity contribution in [3.05, 3.63) is 28.2 Å². The Hall–Kier alpha value is -0.520. The third-order valence-corrected chi connectivity index (χ3v) is 4.73. The maximum Gasteiger partial charge on any atom is 0.172 e. The van der Waals surface area contributed by atoms with E-state index in [9.17, 15) is 4.79 Å². The standard InChI is InChI=1S/C14H17BrO3S/c1-17-14-5-4-10(7-12(14)15)13(16)9-19-8-11-3-2-6-18-11/h4-5,7,11H,2-3,6,8-9H2,1H3. The van der Waals surface area contributed by atoms with Crippen molar-refractivity contribution >= 4 is 33.5 Å². The zero-order valence-corrected chi connectivity index (χ0v) is 13.3. The van der Waals surface area contributed by atoms with Gasteiger partial charge in [0.05, 0.1) is 23.4 Å². The average Bonchev–Trinajstić information content (AvgIpc) is 2.91. The highest BCUT2D eigenvalue weighted by Gasteiger charge is 2.16. The number of ketones is 1. The van der Waals surface area contributed by atoms with Crippen LogP contribution in [0, 0.1) is 0 Å². The molecule has 0 radical (unpaired) electrons. The van der Waals surface area contributed by atoms with Crippen molar-refractivity contribution in [1.82, 2.24) is 0 Å². The minimum absolute atomic E-state index is 0.145. The van der Waals surface area contributed by atoms with Gasteiger partial charge in [-0.15, -0.1) is 0 Å². The molecule has 1 heterocycles. The van der Waals surface area contributed by atoms with Crippen molar-refractivity contribution in [2.24, 2.45) is 0 Å². The number of halogens is 1. The maximum atomic E-state index is 12.0. The first-order valence-electron chi connectivity index (χ1n) is 6.27. The summed E-state index contributed by atoms with van der Waals surface area (Å²) in [6, 6.07) is 5.43. The van der Waals surface area contributed by atoms with Crippen LogP contribution in [0.15, 0.2) is 22.7 Å². The zero-order valence-electron chi connectivity index (χ0n) is 10.9. The van der Waals surface area contributed by atoms with Crippen LogP contribution < -0.4 is 4.74 Å². The summed E-state index contributed by atoms with van der Waals surface area (Å²) in [7, 11) is 1.61. The number of ether oxygens (including phenoxy) is 2. The molecular formula is C14H17BrO3S. The van der Waals surface area contributed by atoms with Gasteiger partial charge in [0.15, 0.2) is 5.78 Å². The SMILES string of the molecule is COc1ccc(C(=O)CSCC2CCCO2)cc1Br. The summed E-state index contributed by atoms with van der Waals surface area (Å²) in [6.45, 7) is 0.866. The molecule has 5 heteroatoms. The van der Waals surface area contributed by atoms with Gasteiger partial charge < -0.3 is 9.47 Å². The van der Waals surface area contributed by atoms with Crippen LogP contribution in [0.5, 0.6) is 5.75 Å². The first kappa shape index (κ1) is 14.9. The monoisotopic (exact) mass is 344 g/mol. The highest BCUT2D eigenvalue weighted by Crippen LogP contribution is 2.26. The molecule has 1 saturated heterocycles. The van der Waals surface area contributed by atoms with Crippen LogP contribution in [0.25, 0.3) is 0 Å². The third kappa shape index (κ3) is 4.23. The molecule has 0 bridgehead atoms. The summed E-state index contributed by atoms with van der Waals surface area (Å²) in [5.74, 6) is 2.29. The van der Waals surface area contributed by atoms with Crippen LogP contribution >= 0.6 is 27.7 Å². The van der Waals surface area contributed by atoms with Gasteiger partial charge in [0.25, 0.3) is 0 Å². The minimum atomic E-state index is 0.145. The molecule has 0 N–H and O–H groups in total. The van der Waals surface area contributed by atoms with Gasteiger partial charge in [-0.2, -0.15) is 11.8 Å². The quantitative estimate of drug-likeness (QED) is 0.739. The van der Waals surface area contributed by atoms with Gasteiger partial charge in [0.1, 0.15) is 5.75 Å². The van der Waals surface area contributed by atoms with E-state index in [1.165, 1.54) is 0 Å². The summed E-state index contributed by atoms with van der Waals surface area (Å²) in [6.07, 6.45) is 2.60. The second-order valence-electron chi connectivity index (χ2n) is 4.42. The largest absolute Gasteiger partial charge is 0.496 e. The van der Waals surface area contributed by atoms with Gasteiger partial charge in [-0.1, -0.05) is 0 Å². The lowest BCUT2D eigenvalue weighted by Gasteiger charge is -2.09. The molecule has 19 heavy (non-hydrogen) atoms. The first-order valence-corrected chi connectivity index (χ1v) is 8.21. The second-order valence-corrected chi connectivity index (χ2v) is 6.31. The van der Waals surface area contributed by atoms with Crippen LogP contribution in [0.1, 0.15) is 23.2 Å². The Morgan fingerprint density at radius 2 is 2.42 bits per heavy atom. The van der Waals surface area contributed by atoms with Gasteiger partial charge in [0, 0.05) is 17.9 Å². The van der Waals surface area contributed by atoms with E-state index in [1.807, 2.05) is 12.1 Å². The number of Topliss-reactive ketones (excluding diaryl/α,β-unsaturated/α-hetero) is 1. The molecule has 0 saturated carbocycles. The van der Waals surface area contributed by atoms with E-state index >= 15 is 0 Å². The lowest BCUT2D eigenvalue weighted by molar-refractivity contribution is 0.102. The summed E-state index contributed by atoms with van der Waals surface area (Å²) in [5.41, 5.74) is 0.715. The molecule has 0 spiro atoms. The summed E-state index contributed by atoms with van der Waals surface area (Å²) >= 11 is 5.04. The molecule has 1 aliphatic heterocycles. The van der Waals surface area contributed by atoms with Gasteiger partial charge in [-0.25, -0.2) is 0 Å². The van der Waals surface area contributed by atoms with E-state index in [1.54, 1.807) is 24.9 Å². The molecule has 0 aromatic heterocycles. The van der Waals surface area contributed by atoms with Crippen molar-refractivity contribution in [1.29, 1.82) is 0 Å². The fourth-order valence-electron chi connectivity index (χ4n) is 1.98. The molecule has 0 amide bonds. The number of methoxy groups -OCH3 is 1. The number of hydrogen-bond acceptors (Lipinski definition) is 4. The van der Waals surface area contributed by atoms with Crippen LogP contribution in [0.4, 0.5) is 0 Å². The number of carbonyl (C=O) groups is 1. The summed E-state index contributed by atoms with van der Waals surface area (Å²) in [4.78, 5) is 12.0. The Labute approximate surface area is 126 Å². The topological polar surface area (TPSA) is 35.5 Å². The molecule has 1 atom stereocenters. The number of rotatable bonds is 6. The predicted molar refractivity (Wildman–Crippen MR) is 81.3 cm³/mol. The van der Waals surface area contributed by atoms with E-state index in [-0.39, 0.29) is 5.78 Å². The number of thioether (sulfide) groups is 1. The number of carbonyl (C=O) groups excluding carboxylic acids is 1. The van der Waals surface area contributed by atoms with Crippen LogP contribution in [0.3, 0.4) is 0 Å². The van der Waals surface area contributed by atoms with E-state index in [4.69, 9.17) is 9.47 Å². The smallest absolute Gasteiger partial charge is 0.172 e. The van der Waals surface area contributed by atoms with Crippen molar-refractivity contribution in [2.45, 2.75) is 18.9 Å². The maximum absolute atomic E-state index is 12.0. The molecule has 1 aromatic rings. The van der Waals surface area contributed by atoms with Gasteiger partial charge in [-0.05, 0) is 47.0 Å². The highest BCUT2D eigenvalue weighted by atomic mass is 79.9. The molecule has 1 aromatic carbocycles. The van der Waals surface area contributed by atoms with E-state index < -0.39 is 0 Å². The molecular weight excluding hydrogens is 328 g/mol. The predicted octanol–water partition coefficient (Wildman–Crippen LogP) is 3.55. The molecule has 104 valence electrons. The lowest BCUT2D eigenvalue weighted by atomic mass is 10.1. The number of hydrogen-bond donors (Lipinski definition) is 0. The molecule has 2 rings (SSSR count). The average molecular weight is 345 g/mol. The fourth-order valence-corrected chi connectivity index (χ4v) is 3.52. The normalized spacial score (nSPS) is 18.5. The van der Waals surface area contributed by atoms with E-state index in [2.05, 4.69) is 15.9 Å². The first-order chi connectivity index (χ1) is 9.20. The van der Waals surface area contributed by atoms with Crippen molar-refractivity contribution in [2.75, 3.05) is 25.2 Å². The Morgan fingerprint density at radius 3 is 3.05 bits per heavy atom. The summed E-state index contributed by atoms with van der Waals surface area (Å²) < 4.78 is 11.5. The van der Waals surface area contributed by atoms with Crippen molar-refractivity contribution < 1.29 is 14.3 Å². The molecule has 3 nitrogen and oxygen atoms in total. The Bertz CT molecular complexity index is 444. The van der Waals surface area contributed by atoms with E-state index in [0.29, 0.717) is 17.4 Å². The fraction of sp³-hybridized carbons (Fsp3) is 0.500. The Morgan fingerprint density at radius 1 is 1.58 bits per heavy atom. The molecule has 1 aliphatic rings. The Kier molecular flexibility index (Phi) is 5.73. The Balaban J connectivity index is 1.83. The van der Waals surface area contributed by atoms with Gasteiger partial charge >= 0.3 is 0 Å². The van der Waals surface area contributed by atoms with Crippen LogP contribution in [-0.4, -0.2) is 37.1 Å². The van der Waals surface area contributed by atoms with Crippen LogP contribution in [0.2, 0.25) is 0 Å². The third-order valence-electron chi connectivity index (χ3n) is 3.03. The van der Waals surface area contributed by atoms with Gasteiger partial charge in [-0.3, -0.25) is 4.79 Å². The summed E-state index contributed by atoms with van der Waals surface area (Å²) in [5, 5.41) is 0. The highest BCUT2D eigenvalue weighted by molar-refractivity contribution is 9.10. The molecule has 1 fully saturated rings. The molecule has 0 aliphatic carbocycles. The van der Waals surface area contributed by atoms with Crippen molar-refractivity contribution in [3.8, 4) is 5.75 Å². The zero-order chi connectivity index (χ0) is 13.7. The second kappa shape index (κ2) is 7.31. The van der Waals surface area contributed by atoms with Crippen molar-refractivity contribution in [3.63, 3.8) is 0 Å². The van der Waals surface area contributed by atoms with Gasteiger partial charge in [0.2, 0.25) is 0 Å². The minimum Gasteiger partial charge on any atom is -0.496 e.